The normalized spacial score (nSPS) is 10.8. The van der Waals surface area contributed by atoms with E-state index in [1.165, 1.54) is 6.21 Å². The van der Waals surface area contributed by atoms with Crippen LogP contribution in [0.5, 0.6) is 5.75 Å². The lowest BCUT2D eigenvalue weighted by atomic mass is 10.2. The van der Waals surface area contributed by atoms with E-state index >= 15 is 0 Å². The van der Waals surface area contributed by atoms with Gasteiger partial charge in [0, 0.05) is 6.21 Å². The van der Waals surface area contributed by atoms with E-state index in [2.05, 4.69) is 10.5 Å². The van der Waals surface area contributed by atoms with Gasteiger partial charge in [-0.25, -0.2) is 5.43 Å². The van der Waals surface area contributed by atoms with Gasteiger partial charge in [-0.2, -0.15) is 5.10 Å². The van der Waals surface area contributed by atoms with Crippen molar-refractivity contribution in [1.82, 2.24) is 5.43 Å². The Bertz CT molecular complexity index is 386. The highest BCUT2D eigenvalue weighted by molar-refractivity contribution is 5.96. The molecule has 0 atom stereocenters. The molecular weight excluding hydrogens is 204 g/mol. The molecule has 0 aliphatic rings. The third-order valence-corrected chi connectivity index (χ3v) is 1.79. The maximum absolute atomic E-state index is 11.7. The number of carbonyl (C=O) groups is 1. The molecule has 0 spiro atoms. The predicted octanol–water partition coefficient (Wildman–Crippen LogP) is 2.21. The molecule has 1 aromatic carbocycles. The monoisotopic (exact) mass is 220 g/mol. The van der Waals surface area contributed by atoms with Gasteiger partial charge < -0.3 is 4.74 Å². The Balaban J connectivity index is 2.89. The fraction of sp³-hybridized carbons (Fsp3) is 0.333. The lowest BCUT2D eigenvalue weighted by molar-refractivity contribution is 0.0949. The van der Waals surface area contributed by atoms with Crippen LogP contribution in [0, 0.1) is 0 Å². The molecule has 4 nitrogen and oxygen atoms in total. The van der Waals surface area contributed by atoms with E-state index in [-0.39, 0.29) is 12.0 Å². The van der Waals surface area contributed by atoms with Crippen molar-refractivity contribution in [2.45, 2.75) is 26.9 Å². The van der Waals surface area contributed by atoms with Crippen molar-refractivity contribution in [3.63, 3.8) is 0 Å². The summed E-state index contributed by atoms with van der Waals surface area (Å²) in [6, 6.07) is 7.10. The summed E-state index contributed by atoms with van der Waals surface area (Å²) < 4.78 is 5.53. The molecule has 1 rings (SSSR count). The maximum atomic E-state index is 11.7. The third-order valence-electron chi connectivity index (χ3n) is 1.79. The Morgan fingerprint density at radius 2 is 2.12 bits per heavy atom. The zero-order chi connectivity index (χ0) is 12.0. The van der Waals surface area contributed by atoms with Crippen molar-refractivity contribution in [2.75, 3.05) is 0 Å². The molecular formula is C12H16N2O2. The highest BCUT2D eigenvalue weighted by Crippen LogP contribution is 2.19. The SMILES string of the molecule is C/C=N/NC(=O)c1ccccc1OC(C)C. The smallest absolute Gasteiger partial charge is 0.275 e. The van der Waals surface area contributed by atoms with Crippen molar-refractivity contribution in [1.29, 1.82) is 0 Å². The first-order valence-corrected chi connectivity index (χ1v) is 5.19. The van der Waals surface area contributed by atoms with Crippen LogP contribution in [0.3, 0.4) is 0 Å². The molecule has 86 valence electrons. The Morgan fingerprint density at radius 1 is 1.44 bits per heavy atom. The number of amides is 1. The van der Waals surface area contributed by atoms with Crippen molar-refractivity contribution in [3.05, 3.63) is 29.8 Å². The van der Waals surface area contributed by atoms with Crippen LogP contribution >= 0.6 is 0 Å². The van der Waals surface area contributed by atoms with E-state index < -0.39 is 0 Å². The Hall–Kier alpha value is -1.84. The first-order chi connectivity index (χ1) is 7.65. The standard InChI is InChI=1S/C12H16N2O2/c1-4-13-14-12(15)10-7-5-6-8-11(10)16-9(2)3/h4-9H,1-3H3,(H,14,15)/b13-4+. The summed E-state index contributed by atoms with van der Waals surface area (Å²) in [5.41, 5.74) is 2.90. The summed E-state index contributed by atoms with van der Waals surface area (Å²) in [6.45, 7) is 5.56. The fourth-order valence-electron chi connectivity index (χ4n) is 1.19. The largest absolute Gasteiger partial charge is 0.490 e. The maximum Gasteiger partial charge on any atom is 0.275 e. The van der Waals surface area contributed by atoms with E-state index in [4.69, 9.17) is 4.74 Å². The molecule has 16 heavy (non-hydrogen) atoms. The number of hydrogen-bond donors (Lipinski definition) is 1. The minimum atomic E-state index is -0.269. The van der Waals surface area contributed by atoms with E-state index in [1.807, 2.05) is 19.9 Å². The van der Waals surface area contributed by atoms with Gasteiger partial charge in [-0.1, -0.05) is 12.1 Å². The zero-order valence-corrected chi connectivity index (χ0v) is 9.73. The van der Waals surface area contributed by atoms with Crippen molar-refractivity contribution in [3.8, 4) is 5.75 Å². The molecule has 0 radical (unpaired) electrons. The van der Waals surface area contributed by atoms with Crippen LogP contribution in [0.15, 0.2) is 29.4 Å². The molecule has 4 heteroatoms. The van der Waals surface area contributed by atoms with Gasteiger partial charge in [0.15, 0.2) is 0 Å². The quantitative estimate of drug-likeness (QED) is 0.624. The van der Waals surface area contributed by atoms with Gasteiger partial charge in [0.1, 0.15) is 5.75 Å². The number of hydrogen-bond acceptors (Lipinski definition) is 3. The average molecular weight is 220 g/mol. The molecule has 0 saturated heterocycles. The van der Waals surface area contributed by atoms with Gasteiger partial charge in [0.05, 0.1) is 11.7 Å². The van der Waals surface area contributed by atoms with Crippen molar-refractivity contribution in [2.24, 2.45) is 5.10 Å². The summed E-state index contributed by atoms with van der Waals surface area (Å²) in [7, 11) is 0. The summed E-state index contributed by atoms with van der Waals surface area (Å²) in [4.78, 5) is 11.7. The second kappa shape index (κ2) is 5.90. The molecule has 0 aliphatic carbocycles. The number of benzene rings is 1. The van der Waals surface area contributed by atoms with Crippen LogP contribution in [-0.2, 0) is 0 Å². The molecule has 0 heterocycles. The van der Waals surface area contributed by atoms with Gasteiger partial charge in [0.25, 0.3) is 5.91 Å². The number of para-hydroxylation sites is 1. The third kappa shape index (κ3) is 3.38. The Labute approximate surface area is 95.3 Å². The fourth-order valence-corrected chi connectivity index (χ4v) is 1.19. The number of nitrogens with one attached hydrogen (secondary N) is 1. The topological polar surface area (TPSA) is 50.7 Å². The second-order valence-electron chi connectivity index (χ2n) is 3.49. The number of rotatable bonds is 4. The van der Waals surface area contributed by atoms with Crippen LogP contribution in [-0.4, -0.2) is 18.2 Å². The number of nitrogens with zero attached hydrogens (tertiary/aromatic N) is 1. The Morgan fingerprint density at radius 3 is 2.75 bits per heavy atom. The summed E-state index contributed by atoms with van der Waals surface area (Å²) in [5, 5.41) is 3.69. The molecule has 0 fully saturated rings. The summed E-state index contributed by atoms with van der Waals surface area (Å²) in [6.07, 6.45) is 1.55. The molecule has 0 bridgehead atoms. The van der Waals surface area contributed by atoms with Gasteiger partial charge in [0.2, 0.25) is 0 Å². The molecule has 1 aromatic rings. The number of hydrazone groups is 1. The molecule has 0 unspecified atom stereocenters. The van der Waals surface area contributed by atoms with E-state index in [0.29, 0.717) is 11.3 Å². The van der Waals surface area contributed by atoms with Gasteiger partial charge in [-0.05, 0) is 32.9 Å². The van der Waals surface area contributed by atoms with Crippen LogP contribution in [0.25, 0.3) is 0 Å². The molecule has 1 amide bonds. The number of carbonyl (C=O) groups excluding carboxylic acids is 1. The molecule has 0 aliphatic heterocycles. The zero-order valence-electron chi connectivity index (χ0n) is 9.73. The second-order valence-corrected chi connectivity index (χ2v) is 3.49. The van der Waals surface area contributed by atoms with Crippen molar-refractivity contribution < 1.29 is 9.53 Å². The van der Waals surface area contributed by atoms with Gasteiger partial charge in [-0.3, -0.25) is 4.79 Å². The van der Waals surface area contributed by atoms with Crippen LogP contribution in [0.1, 0.15) is 31.1 Å². The highest BCUT2D eigenvalue weighted by Gasteiger charge is 2.11. The average Bonchev–Trinajstić information content (AvgIpc) is 2.26. The minimum Gasteiger partial charge on any atom is -0.490 e. The predicted molar refractivity (Wildman–Crippen MR) is 63.8 cm³/mol. The minimum absolute atomic E-state index is 0.0311. The lowest BCUT2D eigenvalue weighted by Gasteiger charge is -2.12. The van der Waals surface area contributed by atoms with Crippen LogP contribution < -0.4 is 10.2 Å². The van der Waals surface area contributed by atoms with Crippen LogP contribution in [0.4, 0.5) is 0 Å². The Kier molecular flexibility index (Phi) is 4.51. The van der Waals surface area contributed by atoms with E-state index in [0.717, 1.165) is 0 Å². The van der Waals surface area contributed by atoms with Gasteiger partial charge in [-0.15, -0.1) is 0 Å². The summed E-state index contributed by atoms with van der Waals surface area (Å²) in [5.74, 6) is 0.302. The van der Waals surface area contributed by atoms with E-state index in [1.54, 1.807) is 25.1 Å². The van der Waals surface area contributed by atoms with Crippen LogP contribution in [0.2, 0.25) is 0 Å². The molecule has 1 N–H and O–H groups in total. The first kappa shape index (κ1) is 12.2. The molecule has 0 saturated carbocycles. The van der Waals surface area contributed by atoms with Gasteiger partial charge >= 0.3 is 0 Å². The molecule has 0 aromatic heterocycles. The summed E-state index contributed by atoms with van der Waals surface area (Å²) >= 11 is 0. The number of ether oxygens (including phenoxy) is 1. The van der Waals surface area contributed by atoms with E-state index in [9.17, 15) is 4.79 Å². The lowest BCUT2D eigenvalue weighted by Crippen LogP contribution is -2.19. The first-order valence-electron chi connectivity index (χ1n) is 5.19. The van der Waals surface area contributed by atoms with Crippen molar-refractivity contribution >= 4 is 12.1 Å². The highest BCUT2D eigenvalue weighted by atomic mass is 16.5.